The van der Waals surface area contributed by atoms with Crippen LogP contribution >= 0.6 is 0 Å². The Hall–Kier alpha value is -1.52. The average molecular weight is 493 g/mol. The Morgan fingerprint density at radius 3 is 2.29 bits per heavy atom. The number of nitrogens with zero attached hydrogens (tertiary/aromatic N) is 6. The third kappa shape index (κ3) is 5.49. The fourth-order valence-corrected chi connectivity index (χ4v) is 7.50. The lowest BCUT2D eigenvalue weighted by Gasteiger charge is -2.39. The molecule has 4 heterocycles. The number of carbonyl (C=O) groups is 1. The van der Waals surface area contributed by atoms with Crippen molar-refractivity contribution in [3.63, 3.8) is 0 Å². The van der Waals surface area contributed by atoms with Crippen LogP contribution in [0.3, 0.4) is 0 Å². The Morgan fingerprint density at radius 2 is 1.62 bits per heavy atom. The van der Waals surface area contributed by atoms with Crippen LogP contribution in [0.4, 0.5) is 0 Å². The van der Waals surface area contributed by atoms with Crippen molar-refractivity contribution in [1.29, 1.82) is 0 Å². The molecule has 0 N–H and O–H groups in total. The molecule has 3 saturated heterocycles. The Balaban J connectivity index is 1.12. The van der Waals surface area contributed by atoms with E-state index in [1.807, 2.05) is 11.2 Å². The summed E-state index contributed by atoms with van der Waals surface area (Å²) in [4.78, 5) is 15.4. The maximum atomic E-state index is 13.3. The molecule has 190 valence electrons. The summed E-state index contributed by atoms with van der Waals surface area (Å²) in [5.41, 5.74) is 0. The van der Waals surface area contributed by atoms with Crippen molar-refractivity contribution in [3.05, 3.63) is 12.2 Å². The molecule has 1 aromatic rings. The van der Waals surface area contributed by atoms with Gasteiger partial charge in [0.1, 0.15) is 12.2 Å². The van der Waals surface area contributed by atoms with Gasteiger partial charge < -0.3 is 9.47 Å². The number of piperidine rings is 3. The second kappa shape index (κ2) is 10.2. The van der Waals surface area contributed by atoms with Crippen molar-refractivity contribution in [2.24, 2.45) is 23.7 Å². The summed E-state index contributed by atoms with van der Waals surface area (Å²) in [6, 6.07) is 0. The lowest BCUT2D eigenvalue weighted by atomic mass is 9.91. The molecule has 1 amide bonds. The molecule has 4 fully saturated rings. The molecular weight excluding hydrogens is 452 g/mol. The summed E-state index contributed by atoms with van der Waals surface area (Å²) in [7, 11) is -3.40. The molecule has 0 aromatic carbocycles. The van der Waals surface area contributed by atoms with Gasteiger partial charge in [0, 0.05) is 58.2 Å². The number of carbonyl (C=O) groups excluding carboxylic acids is 1. The SMILES string of the molecule is CC1CCN(S(=O)(=O)N2CCC(C(=O)N3CCCC(Cc4nncn4CC4CC4)C3)CC2)CC1. The Bertz CT molecular complexity index is 946. The molecular formula is C24H40N6O3S. The fourth-order valence-electron chi connectivity index (χ4n) is 5.83. The van der Waals surface area contributed by atoms with Crippen LogP contribution in [0.5, 0.6) is 0 Å². The van der Waals surface area contributed by atoms with Crippen LogP contribution in [0.25, 0.3) is 0 Å². The van der Waals surface area contributed by atoms with Crippen molar-refractivity contribution < 1.29 is 13.2 Å². The highest BCUT2D eigenvalue weighted by Gasteiger charge is 2.38. The van der Waals surface area contributed by atoms with E-state index in [9.17, 15) is 13.2 Å². The minimum Gasteiger partial charge on any atom is -0.342 e. The van der Waals surface area contributed by atoms with E-state index in [4.69, 9.17) is 0 Å². The summed E-state index contributed by atoms with van der Waals surface area (Å²) in [6.07, 6.45) is 10.6. The zero-order valence-electron chi connectivity index (χ0n) is 20.5. The summed E-state index contributed by atoms with van der Waals surface area (Å²) >= 11 is 0. The van der Waals surface area contributed by atoms with E-state index in [-0.39, 0.29) is 11.8 Å². The molecule has 0 spiro atoms. The van der Waals surface area contributed by atoms with E-state index in [1.165, 1.54) is 12.8 Å². The standard InChI is InChI=1S/C24H40N6O3S/c1-19-6-11-29(12-7-19)34(32,33)30-13-8-22(9-14-30)24(31)27-10-2-3-21(17-27)15-23-26-25-18-28(23)16-20-4-5-20/h18-22H,2-17H2,1H3. The van der Waals surface area contributed by atoms with Crippen molar-refractivity contribution in [2.75, 3.05) is 39.3 Å². The predicted octanol–water partition coefficient (Wildman–Crippen LogP) is 2.16. The van der Waals surface area contributed by atoms with Gasteiger partial charge in [0.25, 0.3) is 10.2 Å². The lowest BCUT2D eigenvalue weighted by Crippen LogP contribution is -2.51. The molecule has 1 saturated carbocycles. The van der Waals surface area contributed by atoms with Gasteiger partial charge in [-0.05, 0) is 69.1 Å². The normalized spacial score (nSPS) is 26.7. The van der Waals surface area contributed by atoms with E-state index >= 15 is 0 Å². The van der Waals surface area contributed by atoms with Crippen LogP contribution in [0.2, 0.25) is 0 Å². The monoisotopic (exact) mass is 492 g/mol. The molecule has 0 radical (unpaired) electrons. The Labute approximate surface area is 204 Å². The molecule has 4 aliphatic rings. The van der Waals surface area contributed by atoms with E-state index < -0.39 is 10.2 Å². The first-order valence-electron chi connectivity index (χ1n) is 13.3. The molecule has 3 aliphatic heterocycles. The topological polar surface area (TPSA) is 91.6 Å². The minimum absolute atomic E-state index is 0.0647. The van der Waals surface area contributed by atoms with Crippen LogP contribution in [-0.2, 0) is 28.0 Å². The summed E-state index contributed by atoms with van der Waals surface area (Å²) in [5, 5.41) is 8.50. The van der Waals surface area contributed by atoms with Crippen LogP contribution in [-0.4, -0.2) is 81.9 Å². The number of amides is 1. The quantitative estimate of drug-likeness (QED) is 0.582. The molecule has 1 aromatic heterocycles. The summed E-state index contributed by atoms with van der Waals surface area (Å²) in [6.45, 7) is 6.94. The van der Waals surface area contributed by atoms with Gasteiger partial charge >= 0.3 is 0 Å². The first-order valence-corrected chi connectivity index (χ1v) is 14.7. The second-order valence-electron chi connectivity index (χ2n) is 11.1. The molecule has 34 heavy (non-hydrogen) atoms. The second-order valence-corrected chi connectivity index (χ2v) is 13.0. The van der Waals surface area contributed by atoms with Crippen LogP contribution in [0, 0.1) is 23.7 Å². The third-order valence-corrected chi connectivity index (χ3v) is 10.4. The largest absolute Gasteiger partial charge is 0.342 e. The van der Waals surface area contributed by atoms with E-state index in [0.29, 0.717) is 50.9 Å². The van der Waals surface area contributed by atoms with Crippen molar-refractivity contribution >= 4 is 16.1 Å². The van der Waals surface area contributed by atoms with E-state index in [2.05, 4.69) is 21.7 Å². The Morgan fingerprint density at radius 1 is 0.941 bits per heavy atom. The number of hydrogen-bond donors (Lipinski definition) is 0. The highest BCUT2D eigenvalue weighted by atomic mass is 32.2. The summed E-state index contributed by atoms with van der Waals surface area (Å²) < 4.78 is 31.6. The van der Waals surface area contributed by atoms with Gasteiger partial charge in [-0.1, -0.05) is 6.92 Å². The number of aromatic nitrogens is 3. The first-order chi connectivity index (χ1) is 16.4. The highest BCUT2D eigenvalue weighted by molar-refractivity contribution is 7.86. The number of rotatable bonds is 7. The molecule has 1 aliphatic carbocycles. The van der Waals surface area contributed by atoms with Gasteiger partial charge in [-0.15, -0.1) is 10.2 Å². The maximum Gasteiger partial charge on any atom is 0.281 e. The first kappa shape index (κ1) is 24.2. The fraction of sp³-hybridized carbons (Fsp3) is 0.875. The predicted molar refractivity (Wildman–Crippen MR) is 129 cm³/mol. The van der Waals surface area contributed by atoms with E-state index in [1.54, 1.807) is 8.61 Å². The van der Waals surface area contributed by atoms with Gasteiger partial charge in [0.2, 0.25) is 5.91 Å². The smallest absolute Gasteiger partial charge is 0.281 e. The van der Waals surface area contributed by atoms with Crippen LogP contribution in [0.1, 0.15) is 64.1 Å². The number of likely N-dealkylation sites (tertiary alicyclic amines) is 1. The maximum absolute atomic E-state index is 13.3. The number of hydrogen-bond acceptors (Lipinski definition) is 5. The average Bonchev–Trinajstić information content (AvgIpc) is 3.57. The highest BCUT2D eigenvalue weighted by Crippen LogP contribution is 2.32. The van der Waals surface area contributed by atoms with Crippen LogP contribution < -0.4 is 0 Å². The van der Waals surface area contributed by atoms with Gasteiger partial charge in [0.05, 0.1) is 0 Å². The van der Waals surface area contributed by atoms with Crippen molar-refractivity contribution in [1.82, 2.24) is 28.3 Å². The minimum atomic E-state index is -3.40. The van der Waals surface area contributed by atoms with Gasteiger partial charge in [-0.2, -0.15) is 17.0 Å². The molecule has 5 rings (SSSR count). The van der Waals surface area contributed by atoms with Gasteiger partial charge in [-0.3, -0.25) is 4.79 Å². The van der Waals surface area contributed by atoms with Gasteiger partial charge in [0.15, 0.2) is 0 Å². The molecule has 1 atom stereocenters. The third-order valence-electron chi connectivity index (χ3n) is 8.35. The van der Waals surface area contributed by atoms with E-state index in [0.717, 1.165) is 63.5 Å². The molecule has 9 nitrogen and oxygen atoms in total. The molecule has 0 bridgehead atoms. The zero-order valence-corrected chi connectivity index (χ0v) is 21.3. The summed E-state index contributed by atoms with van der Waals surface area (Å²) in [5.74, 6) is 3.00. The zero-order chi connectivity index (χ0) is 23.7. The van der Waals surface area contributed by atoms with Crippen molar-refractivity contribution in [2.45, 2.75) is 71.3 Å². The lowest BCUT2D eigenvalue weighted by molar-refractivity contribution is -0.138. The molecule has 10 heteroatoms. The van der Waals surface area contributed by atoms with Gasteiger partial charge in [-0.25, -0.2) is 0 Å². The molecule has 1 unspecified atom stereocenters. The van der Waals surface area contributed by atoms with Crippen LogP contribution in [0.15, 0.2) is 6.33 Å². The Kier molecular flexibility index (Phi) is 7.27. The van der Waals surface area contributed by atoms with Crippen molar-refractivity contribution in [3.8, 4) is 0 Å².